The number of nitrogens with zero attached hydrogens (tertiary/aromatic N) is 3. The lowest BCUT2D eigenvalue weighted by Crippen LogP contribution is -2.53. The number of carbonyl (C=O) groups excluding carboxylic acids is 2. The minimum Gasteiger partial charge on any atom is -0.368 e. The molecule has 2 aromatic rings. The molecule has 0 N–H and O–H groups in total. The summed E-state index contributed by atoms with van der Waals surface area (Å²) in [6.07, 6.45) is 0.785. The number of benzene rings is 2. The molecule has 6 heteroatoms. The van der Waals surface area contributed by atoms with E-state index in [2.05, 4.69) is 4.90 Å². The fourth-order valence-corrected chi connectivity index (χ4v) is 3.62. The summed E-state index contributed by atoms with van der Waals surface area (Å²) in [4.78, 5) is 30.6. The van der Waals surface area contributed by atoms with Crippen molar-refractivity contribution in [3.05, 3.63) is 59.9 Å². The normalized spacial score (nSPS) is 16.6. The van der Waals surface area contributed by atoms with Crippen molar-refractivity contribution in [3.8, 4) is 0 Å². The number of hydrogen-bond acceptors (Lipinski definition) is 3. The van der Waals surface area contributed by atoms with Crippen molar-refractivity contribution in [2.24, 2.45) is 0 Å². The van der Waals surface area contributed by atoms with Crippen LogP contribution in [0.3, 0.4) is 0 Å². The number of rotatable bonds is 1. The molecule has 2 aliphatic rings. The molecule has 2 heterocycles. The number of amides is 2. The van der Waals surface area contributed by atoms with Crippen LogP contribution in [0.4, 0.5) is 15.8 Å². The average Bonchev–Trinajstić information content (AvgIpc) is 3.12. The molecular formula is C20H20FN3O2. The van der Waals surface area contributed by atoms with Crippen LogP contribution in [0.5, 0.6) is 0 Å². The highest BCUT2D eigenvalue weighted by Gasteiger charge is 2.33. The average molecular weight is 353 g/mol. The van der Waals surface area contributed by atoms with Crippen molar-refractivity contribution in [3.63, 3.8) is 0 Å². The van der Waals surface area contributed by atoms with Crippen molar-refractivity contribution in [2.45, 2.75) is 6.42 Å². The van der Waals surface area contributed by atoms with Crippen molar-refractivity contribution in [2.75, 3.05) is 42.5 Å². The van der Waals surface area contributed by atoms with E-state index >= 15 is 0 Å². The molecule has 0 radical (unpaired) electrons. The fourth-order valence-electron chi connectivity index (χ4n) is 3.62. The summed E-state index contributed by atoms with van der Waals surface area (Å²) in [5.74, 6) is -1.16. The highest BCUT2D eigenvalue weighted by atomic mass is 19.1. The van der Waals surface area contributed by atoms with Crippen LogP contribution in [-0.4, -0.2) is 49.4 Å². The van der Waals surface area contributed by atoms with Gasteiger partial charge in [0, 0.05) is 44.1 Å². The minimum atomic E-state index is -0.454. The maximum Gasteiger partial charge on any atom is 0.316 e. The molecule has 2 aliphatic heterocycles. The summed E-state index contributed by atoms with van der Waals surface area (Å²) in [6.45, 7) is 2.77. The zero-order valence-corrected chi connectivity index (χ0v) is 14.4. The van der Waals surface area contributed by atoms with Gasteiger partial charge in [-0.3, -0.25) is 9.59 Å². The molecular weight excluding hydrogens is 333 g/mol. The molecule has 1 fully saturated rings. The first-order valence-corrected chi connectivity index (χ1v) is 8.83. The Balaban J connectivity index is 1.39. The third kappa shape index (κ3) is 3.03. The number of halogens is 1. The lowest BCUT2D eigenvalue weighted by Gasteiger charge is -2.36. The van der Waals surface area contributed by atoms with E-state index in [1.165, 1.54) is 12.1 Å². The quantitative estimate of drug-likeness (QED) is 0.737. The monoisotopic (exact) mass is 353 g/mol. The Bertz CT molecular complexity index is 829. The van der Waals surface area contributed by atoms with Crippen LogP contribution < -0.4 is 9.80 Å². The maximum atomic E-state index is 13.1. The van der Waals surface area contributed by atoms with Crippen molar-refractivity contribution in [1.29, 1.82) is 0 Å². The van der Waals surface area contributed by atoms with Gasteiger partial charge < -0.3 is 14.7 Å². The van der Waals surface area contributed by atoms with Gasteiger partial charge in [0.05, 0.1) is 0 Å². The molecule has 0 spiro atoms. The van der Waals surface area contributed by atoms with Crippen LogP contribution in [0.1, 0.15) is 5.56 Å². The molecule has 0 bridgehead atoms. The predicted octanol–water partition coefficient (Wildman–Crippen LogP) is 2.06. The minimum absolute atomic E-state index is 0.265. The molecule has 0 aliphatic carbocycles. The molecule has 0 atom stereocenters. The first-order chi connectivity index (χ1) is 12.6. The van der Waals surface area contributed by atoms with E-state index < -0.39 is 11.8 Å². The second kappa shape index (κ2) is 6.78. The van der Waals surface area contributed by atoms with Gasteiger partial charge in [0.15, 0.2) is 0 Å². The second-order valence-corrected chi connectivity index (χ2v) is 6.59. The smallest absolute Gasteiger partial charge is 0.316 e. The third-order valence-corrected chi connectivity index (χ3v) is 5.07. The molecule has 2 amide bonds. The van der Waals surface area contributed by atoms with Gasteiger partial charge in [0.2, 0.25) is 0 Å². The van der Waals surface area contributed by atoms with Crippen LogP contribution in [0.15, 0.2) is 48.5 Å². The molecule has 0 unspecified atom stereocenters. The Morgan fingerprint density at radius 3 is 2.23 bits per heavy atom. The fraction of sp³-hybridized carbons (Fsp3) is 0.300. The van der Waals surface area contributed by atoms with E-state index in [0.717, 1.165) is 23.4 Å². The summed E-state index contributed by atoms with van der Waals surface area (Å²) in [5, 5.41) is 0. The van der Waals surface area contributed by atoms with E-state index in [9.17, 15) is 14.0 Å². The topological polar surface area (TPSA) is 43.9 Å². The van der Waals surface area contributed by atoms with E-state index in [4.69, 9.17) is 0 Å². The van der Waals surface area contributed by atoms with Gasteiger partial charge in [0.1, 0.15) is 5.82 Å². The number of carbonyl (C=O) groups is 2. The van der Waals surface area contributed by atoms with Crippen LogP contribution in [-0.2, 0) is 16.0 Å². The van der Waals surface area contributed by atoms with E-state index in [-0.39, 0.29) is 5.82 Å². The van der Waals surface area contributed by atoms with E-state index in [0.29, 0.717) is 32.7 Å². The Morgan fingerprint density at radius 2 is 1.50 bits per heavy atom. The molecule has 1 saturated heterocycles. The summed E-state index contributed by atoms with van der Waals surface area (Å²) >= 11 is 0. The maximum absolute atomic E-state index is 13.1. The standard InChI is InChI=1S/C20H20FN3O2/c21-16-5-7-17(8-6-16)22-11-13-23(14-12-22)19(25)20(26)24-10-9-15-3-1-2-4-18(15)24/h1-8H,9-14H2. The highest BCUT2D eigenvalue weighted by Crippen LogP contribution is 2.28. The van der Waals surface area contributed by atoms with Gasteiger partial charge in [-0.2, -0.15) is 0 Å². The Labute approximate surface area is 151 Å². The van der Waals surface area contributed by atoms with Crippen LogP contribution >= 0.6 is 0 Å². The van der Waals surface area contributed by atoms with Crippen molar-refractivity contribution < 1.29 is 14.0 Å². The van der Waals surface area contributed by atoms with Crippen molar-refractivity contribution in [1.82, 2.24) is 4.90 Å². The SMILES string of the molecule is O=C(C(=O)N1CCc2ccccc21)N1CCN(c2ccc(F)cc2)CC1. The van der Waals surface area contributed by atoms with Gasteiger partial charge in [-0.1, -0.05) is 18.2 Å². The van der Waals surface area contributed by atoms with E-state index in [1.807, 2.05) is 24.3 Å². The Kier molecular flexibility index (Phi) is 4.32. The first kappa shape index (κ1) is 16.6. The number of anilines is 2. The number of fused-ring (bicyclic) bond motifs is 1. The summed E-state index contributed by atoms with van der Waals surface area (Å²) in [7, 11) is 0. The predicted molar refractivity (Wildman–Crippen MR) is 97.7 cm³/mol. The van der Waals surface area contributed by atoms with Gasteiger partial charge in [-0.15, -0.1) is 0 Å². The summed E-state index contributed by atoms with van der Waals surface area (Å²) in [6, 6.07) is 14.1. The number of hydrogen-bond donors (Lipinski definition) is 0. The molecule has 0 saturated carbocycles. The molecule has 134 valence electrons. The van der Waals surface area contributed by atoms with Gasteiger partial charge in [-0.05, 0) is 42.3 Å². The zero-order chi connectivity index (χ0) is 18.1. The van der Waals surface area contributed by atoms with Crippen LogP contribution in [0.2, 0.25) is 0 Å². The van der Waals surface area contributed by atoms with E-state index in [1.54, 1.807) is 21.9 Å². The zero-order valence-electron chi connectivity index (χ0n) is 14.4. The summed E-state index contributed by atoms with van der Waals surface area (Å²) < 4.78 is 13.1. The molecule has 26 heavy (non-hydrogen) atoms. The Hall–Kier alpha value is -2.89. The Morgan fingerprint density at radius 1 is 0.808 bits per heavy atom. The van der Waals surface area contributed by atoms with Gasteiger partial charge >= 0.3 is 11.8 Å². The molecule has 4 rings (SSSR count). The molecule has 0 aromatic heterocycles. The van der Waals surface area contributed by atoms with Crippen LogP contribution in [0, 0.1) is 5.82 Å². The molecule has 2 aromatic carbocycles. The van der Waals surface area contributed by atoms with Crippen molar-refractivity contribution >= 4 is 23.2 Å². The first-order valence-electron chi connectivity index (χ1n) is 8.83. The highest BCUT2D eigenvalue weighted by molar-refractivity contribution is 6.40. The number of para-hydroxylation sites is 1. The third-order valence-electron chi connectivity index (χ3n) is 5.07. The lowest BCUT2D eigenvalue weighted by atomic mass is 10.2. The molecule has 5 nitrogen and oxygen atoms in total. The summed E-state index contributed by atoms with van der Waals surface area (Å²) in [5.41, 5.74) is 2.88. The van der Waals surface area contributed by atoms with Crippen LogP contribution in [0.25, 0.3) is 0 Å². The lowest BCUT2D eigenvalue weighted by molar-refractivity contribution is -0.144. The number of piperazine rings is 1. The van der Waals surface area contributed by atoms with Gasteiger partial charge in [0.25, 0.3) is 0 Å². The largest absolute Gasteiger partial charge is 0.368 e. The van der Waals surface area contributed by atoms with Gasteiger partial charge in [-0.25, -0.2) is 4.39 Å². The second-order valence-electron chi connectivity index (χ2n) is 6.59.